The molecule has 0 aromatic heterocycles. The predicted molar refractivity (Wildman–Crippen MR) is 120 cm³/mol. The lowest BCUT2D eigenvalue weighted by atomic mass is 10.1. The van der Waals surface area contributed by atoms with Crippen LogP contribution in [0.15, 0.2) is 41.3 Å². The molecule has 3 N–H and O–H groups in total. The fourth-order valence-corrected chi connectivity index (χ4v) is 5.63. The Morgan fingerprint density at radius 3 is 2.55 bits per heavy atom. The van der Waals surface area contributed by atoms with E-state index in [0.717, 1.165) is 12.1 Å². The van der Waals surface area contributed by atoms with E-state index in [1.807, 2.05) is 0 Å². The monoisotopic (exact) mass is 495 g/mol. The highest BCUT2D eigenvalue weighted by atomic mass is 35.5. The number of hydrogen-bond acceptors (Lipinski definition) is 6. The van der Waals surface area contributed by atoms with Gasteiger partial charge < -0.3 is 20.7 Å². The Bertz CT molecular complexity index is 1180. The van der Waals surface area contributed by atoms with E-state index in [1.54, 1.807) is 24.3 Å². The summed E-state index contributed by atoms with van der Waals surface area (Å²) in [6, 6.07) is 7.02. The summed E-state index contributed by atoms with van der Waals surface area (Å²) in [7, 11) is -4.08. The van der Waals surface area contributed by atoms with Gasteiger partial charge in [-0.3, -0.25) is 9.59 Å². The number of anilines is 1. The molecule has 176 valence electrons. The van der Waals surface area contributed by atoms with Crippen molar-refractivity contribution in [2.24, 2.45) is 5.73 Å². The van der Waals surface area contributed by atoms with Crippen LogP contribution in [0.2, 0.25) is 5.02 Å². The largest absolute Gasteiger partial charge is 0.381 e. The number of sulfone groups is 1. The van der Waals surface area contributed by atoms with Crippen molar-refractivity contribution >= 4 is 38.9 Å². The van der Waals surface area contributed by atoms with Gasteiger partial charge in [0.25, 0.3) is 5.91 Å². The third kappa shape index (κ3) is 5.03. The zero-order chi connectivity index (χ0) is 23.8. The van der Waals surface area contributed by atoms with E-state index in [0.29, 0.717) is 36.6 Å². The number of hydrogen-bond donors (Lipinski definition) is 2. The molecule has 0 saturated carbocycles. The normalized spacial score (nSPS) is 20.8. The van der Waals surface area contributed by atoms with Gasteiger partial charge in [0.15, 0.2) is 9.84 Å². The maximum Gasteiger partial charge on any atom is 0.254 e. The van der Waals surface area contributed by atoms with Crippen molar-refractivity contribution in [1.82, 2.24) is 5.32 Å². The molecule has 0 radical (unpaired) electrons. The number of carbonyl (C=O) groups excluding carboxylic acids is 2. The first-order valence-corrected chi connectivity index (χ1v) is 12.4. The summed E-state index contributed by atoms with van der Waals surface area (Å²) in [4.78, 5) is 26.7. The van der Waals surface area contributed by atoms with Crippen LogP contribution in [0, 0.1) is 5.82 Å². The summed E-state index contributed by atoms with van der Waals surface area (Å²) in [6.07, 6.45) is 1.17. The molecule has 4 rings (SSSR count). The van der Waals surface area contributed by atoms with Crippen molar-refractivity contribution in [3.8, 4) is 0 Å². The smallest absolute Gasteiger partial charge is 0.254 e. The molecule has 2 heterocycles. The van der Waals surface area contributed by atoms with Crippen molar-refractivity contribution in [2.45, 2.75) is 36.4 Å². The number of carbonyl (C=O) groups is 2. The molecular weight excluding hydrogens is 473 g/mol. The van der Waals surface area contributed by atoms with Gasteiger partial charge in [-0.2, -0.15) is 0 Å². The molecule has 0 unspecified atom stereocenters. The summed E-state index contributed by atoms with van der Waals surface area (Å²) < 4.78 is 46.0. The van der Waals surface area contributed by atoms with Crippen LogP contribution in [-0.2, 0) is 25.9 Å². The second-order valence-electron chi connectivity index (χ2n) is 8.10. The van der Waals surface area contributed by atoms with Gasteiger partial charge in [-0.15, -0.1) is 0 Å². The Balaban J connectivity index is 1.77. The van der Waals surface area contributed by atoms with Crippen LogP contribution >= 0.6 is 11.6 Å². The van der Waals surface area contributed by atoms with E-state index in [-0.39, 0.29) is 28.7 Å². The number of amides is 2. The molecule has 2 aliphatic rings. The molecule has 0 aliphatic carbocycles. The van der Waals surface area contributed by atoms with Gasteiger partial charge in [-0.1, -0.05) is 23.7 Å². The van der Waals surface area contributed by atoms with E-state index >= 15 is 0 Å². The Hall–Kier alpha value is -2.53. The number of nitrogens with one attached hydrogen (secondary N) is 1. The molecule has 1 atom stereocenters. The van der Waals surface area contributed by atoms with Crippen LogP contribution in [0.1, 0.15) is 28.8 Å². The Morgan fingerprint density at radius 1 is 1.21 bits per heavy atom. The van der Waals surface area contributed by atoms with Crippen molar-refractivity contribution in [1.29, 1.82) is 0 Å². The van der Waals surface area contributed by atoms with Crippen LogP contribution < -0.4 is 16.0 Å². The minimum atomic E-state index is -4.08. The molecule has 33 heavy (non-hydrogen) atoms. The first kappa shape index (κ1) is 23.6. The van der Waals surface area contributed by atoms with Crippen LogP contribution in [0.5, 0.6) is 0 Å². The summed E-state index contributed by atoms with van der Waals surface area (Å²) in [6.45, 7) is 0.938. The maximum atomic E-state index is 15.0. The van der Waals surface area contributed by atoms with E-state index in [9.17, 15) is 22.4 Å². The van der Waals surface area contributed by atoms with Crippen LogP contribution in [0.4, 0.5) is 10.1 Å². The van der Waals surface area contributed by atoms with E-state index in [4.69, 9.17) is 22.1 Å². The van der Waals surface area contributed by atoms with Gasteiger partial charge >= 0.3 is 0 Å². The number of rotatable bonds is 4. The quantitative estimate of drug-likeness (QED) is 0.670. The Labute approximate surface area is 195 Å². The molecule has 2 amide bonds. The topological polar surface area (TPSA) is 119 Å². The Morgan fingerprint density at radius 2 is 1.88 bits per heavy atom. The third-order valence-electron chi connectivity index (χ3n) is 5.71. The van der Waals surface area contributed by atoms with E-state index < -0.39 is 39.3 Å². The fraction of sp³-hybridized carbons (Fsp3) is 0.364. The molecular formula is C22H23ClFN3O5S. The Kier molecular flexibility index (Phi) is 6.71. The summed E-state index contributed by atoms with van der Waals surface area (Å²) in [5.41, 5.74) is 6.11. The zero-order valence-electron chi connectivity index (χ0n) is 17.6. The first-order chi connectivity index (χ1) is 15.7. The number of nitrogens with two attached hydrogens (primary N) is 1. The second-order valence-corrected chi connectivity index (χ2v) is 10.5. The summed E-state index contributed by atoms with van der Waals surface area (Å²) in [5.74, 6) is -2.99. The third-order valence-corrected chi connectivity index (χ3v) is 7.76. The van der Waals surface area contributed by atoms with Gasteiger partial charge in [-0.25, -0.2) is 12.8 Å². The lowest BCUT2D eigenvalue weighted by Gasteiger charge is -2.26. The number of benzene rings is 2. The van der Waals surface area contributed by atoms with E-state index in [2.05, 4.69) is 5.32 Å². The maximum absolute atomic E-state index is 15.0. The fourth-order valence-electron chi connectivity index (χ4n) is 3.93. The van der Waals surface area contributed by atoms with E-state index in [1.165, 1.54) is 4.90 Å². The molecule has 8 nitrogen and oxygen atoms in total. The predicted octanol–water partition coefficient (Wildman–Crippen LogP) is 2.04. The van der Waals surface area contributed by atoms with Crippen molar-refractivity contribution in [2.75, 3.05) is 23.9 Å². The average Bonchev–Trinajstić information content (AvgIpc) is 2.84. The average molecular weight is 496 g/mol. The number of ether oxygens (including phenoxy) is 1. The molecule has 11 heteroatoms. The van der Waals surface area contributed by atoms with Crippen molar-refractivity contribution in [3.05, 3.63) is 58.4 Å². The highest BCUT2D eigenvalue weighted by molar-refractivity contribution is 7.91. The minimum absolute atomic E-state index is 0.0289. The van der Waals surface area contributed by atoms with Gasteiger partial charge in [0.1, 0.15) is 5.82 Å². The first-order valence-electron chi connectivity index (χ1n) is 10.4. The minimum Gasteiger partial charge on any atom is -0.381 e. The SMILES string of the molecule is N[C@H]1CS(=O)(=O)c2cc(F)c(C(=O)NC3CCOCC3)cc2N(Cc2ccc(Cl)cc2)C1=O. The van der Waals surface area contributed by atoms with Gasteiger partial charge in [0, 0.05) is 24.3 Å². The molecule has 2 aliphatic heterocycles. The molecule has 0 spiro atoms. The molecule has 1 fully saturated rings. The second kappa shape index (κ2) is 9.38. The molecule has 1 saturated heterocycles. The van der Waals surface area contributed by atoms with Gasteiger partial charge in [0.2, 0.25) is 5.91 Å². The lowest BCUT2D eigenvalue weighted by molar-refractivity contribution is -0.119. The highest BCUT2D eigenvalue weighted by Gasteiger charge is 2.37. The van der Waals surface area contributed by atoms with Gasteiger partial charge in [-0.05, 0) is 42.7 Å². The molecule has 0 bridgehead atoms. The number of halogens is 2. The lowest BCUT2D eigenvalue weighted by Crippen LogP contribution is -2.45. The van der Waals surface area contributed by atoms with Gasteiger partial charge in [0.05, 0.1) is 34.5 Å². The standard InChI is InChI=1S/C22H23ClFN3O5S/c23-14-3-1-13(2-4-14)11-27-19-9-16(21(28)26-15-5-7-32-8-6-15)17(24)10-20(19)33(30,31)12-18(25)22(27)29/h1-4,9-10,15,18H,5-8,11-12,25H2,(H,26,28)/t18-/m0/s1. The molecule has 2 aromatic rings. The molecule has 2 aromatic carbocycles. The summed E-state index contributed by atoms with van der Waals surface area (Å²) >= 11 is 5.93. The van der Waals surface area contributed by atoms with Crippen LogP contribution in [-0.4, -0.2) is 51.3 Å². The van der Waals surface area contributed by atoms with Crippen LogP contribution in [0.25, 0.3) is 0 Å². The number of nitrogens with zero attached hydrogens (tertiary/aromatic N) is 1. The zero-order valence-corrected chi connectivity index (χ0v) is 19.2. The number of fused-ring (bicyclic) bond motifs is 1. The highest BCUT2D eigenvalue weighted by Crippen LogP contribution is 2.34. The summed E-state index contributed by atoms with van der Waals surface area (Å²) in [5, 5.41) is 3.25. The van der Waals surface area contributed by atoms with Crippen molar-refractivity contribution < 1.29 is 27.1 Å². The van der Waals surface area contributed by atoms with Crippen LogP contribution in [0.3, 0.4) is 0 Å². The van der Waals surface area contributed by atoms with Crippen molar-refractivity contribution in [3.63, 3.8) is 0 Å².